The summed E-state index contributed by atoms with van der Waals surface area (Å²) in [6.45, 7) is -0.615. The molecule has 4 N–H and O–H groups in total. The molecule has 17 heavy (non-hydrogen) atoms. The molecule has 8 heteroatoms. The van der Waals surface area contributed by atoms with Gasteiger partial charge in [-0.3, -0.25) is 4.52 Å². The maximum Gasteiger partial charge on any atom is 0.469 e. The molecule has 0 radical (unpaired) electrons. The van der Waals surface area contributed by atoms with Crippen molar-refractivity contribution >= 4 is 13.8 Å². The highest BCUT2D eigenvalue weighted by atomic mass is 31.2. The third kappa shape index (κ3) is 5.58. The number of hydrogen-bond donors (Lipinski definition) is 3. The van der Waals surface area contributed by atoms with Crippen molar-refractivity contribution in [2.45, 2.75) is 6.04 Å². The molecule has 0 amide bonds. The molecule has 1 rings (SSSR count). The maximum absolute atomic E-state index is 11.3. The molecule has 0 spiro atoms. The molecule has 1 atom stereocenters. The van der Waals surface area contributed by atoms with Gasteiger partial charge in [0.15, 0.2) is 0 Å². The highest BCUT2D eigenvalue weighted by molar-refractivity contribution is 7.46. The van der Waals surface area contributed by atoms with E-state index in [2.05, 4.69) is 4.52 Å². The molecule has 0 bridgehead atoms. The van der Waals surface area contributed by atoms with Crippen LogP contribution in [0.4, 0.5) is 0 Å². The Bertz CT molecular complexity index is 417. The first-order valence-corrected chi connectivity index (χ1v) is 6.14. The van der Waals surface area contributed by atoms with Gasteiger partial charge in [-0.05, 0) is 12.1 Å². The third-order valence-corrected chi connectivity index (χ3v) is 2.17. The van der Waals surface area contributed by atoms with Crippen molar-refractivity contribution in [2.75, 3.05) is 6.61 Å². The van der Waals surface area contributed by atoms with Crippen LogP contribution in [-0.4, -0.2) is 28.4 Å². The van der Waals surface area contributed by atoms with Gasteiger partial charge in [0.05, 0.1) is 6.61 Å². The summed E-state index contributed by atoms with van der Waals surface area (Å²) in [6.07, 6.45) is 0. The highest BCUT2D eigenvalue weighted by Gasteiger charge is 2.21. The van der Waals surface area contributed by atoms with Crippen LogP contribution in [0.2, 0.25) is 0 Å². The standard InChI is InChI=1S/C9H12NO6P/c10-8(6-15-17(12,13)14)9(11)16-7-4-2-1-3-5-7/h1-5,8H,6,10H2,(H2,12,13,14)/t8-/m0/s1. The van der Waals surface area contributed by atoms with Crippen molar-refractivity contribution in [1.82, 2.24) is 0 Å². The first-order chi connectivity index (χ1) is 7.88. The van der Waals surface area contributed by atoms with Gasteiger partial charge >= 0.3 is 13.8 Å². The van der Waals surface area contributed by atoms with Gasteiger partial charge in [-0.1, -0.05) is 18.2 Å². The lowest BCUT2D eigenvalue weighted by atomic mass is 10.3. The summed E-state index contributed by atoms with van der Waals surface area (Å²) < 4.78 is 19.3. The Kier molecular flexibility index (Phi) is 4.80. The van der Waals surface area contributed by atoms with Crippen molar-refractivity contribution < 1.29 is 28.4 Å². The molecular formula is C9H12NO6P. The summed E-state index contributed by atoms with van der Waals surface area (Å²) in [7, 11) is -4.63. The van der Waals surface area contributed by atoms with Gasteiger partial charge in [-0.15, -0.1) is 0 Å². The van der Waals surface area contributed by atoms with Gasteiger partial charge in [0.25, 0.3) is 0 Å². The van der Waals surface area contributed by atoms with Crippen molar-refractivity contribution in [2.24, 2.45) is 5.73 Å². The zero-order valence-corrected chi connectivity index (χ0v) is 9.62. The quantitative estimate of drug-likeness (QED) is 0.388. The van der Waals surface area contributed by atoms with Crippen molar-refractivity contribution in [3.63, 3.8) is 0 Å². The van der Waals surface area contributed by atoms with Gasteiger partial charge in [-0.2, -0.15) is 0 Å². The molecule has 1 aromatic rings. The number of nitrogens with two attached hydrogens (primary N) is 1. The topological polar surface area (TPSA) is 119 Å². The monoisotopic (exact) mass is 261 g/mol. The average Bonchev–Trinajstić information content (AvgIpc) is 2.26. The number of carbonyl (C=O) groups is 1. The fourth-order valence-corrected chi connectivity index (χ4v) is 1.28. The minimum absolute atomic E-state index is 0.295. The van der Waals surface area contributed by atoms with Crippen molar-refractivity contribution in [1.29, 1.82) is 0 Å². The molecule has 0 aliphatic carbocycles. The van der Waals surface area contributed by atoms with E-state index in [9.17, 15) is 9.36 Å². The Morgan fingerprint density at radius 2 is 1.94 bits per heavy atom. The van der Waals surface area contributed by atoms with Crippen molar-refractivity contribution in [3.05, 3.63) is 30.3 Å². The minimum Gasteiger partial charge on any atom is -0.425 e. The molecule has 0 heterocycles. The number of carbonyl (C=O) groups excluding carboxylic acids is 1. The predicted octanol–water partition coefficient (Wildman–Crippen LogP) is 0.0286. The molecule has 1 aromatic carbocycles. The lowest BCUT2D eigenvalue weighted by Gasteiger charge is -2.11. The predicted molar refractivity (Wildman–Crippen MR) is 58.0 cm³/mol. The van der Waals surface area contributed by atoms with Crippen LogP contribution in [0.5, 0.6) is 5.75 Å². The summed E-state index contributed by atoms with van der Waals surface area (Å²) in [5.41, 5.74) is 5.33. The zero-order valence-electron chi connectivity index (χ0n) is 8.72. The van der Waals surface area contributed by atoms with Gasteiger partial charge in [0.1, 0.15) is 11.8 Å². The average molecular weight is 261 g/mol. The molecule has 0 unspecified atom stereocenters. The third-order valence-electron chi connectivity index (χ3n) is 1.69. The second-order valence-electron chi connectivity index (χ2n) is 3.13. The molecule has 0 aliphatic rings. The maximum atomic E-state index is 11.3. The Morgan fingerprint density at radius 3 is 2.47 bits per heavy atom. The highest BCUT2D eigenvalue weighted by Crippen LogP contribution is 2.35. The Morgan fingerprint density at radius 1 is 1.35 bits per heavy atom. The smallest absolute Gasteiger partial charge is 0.425 e. The van der Waals surface area contributed by atoms with E-state index < -0.39 is 26.4 Å². The molecule has 0 fully saturated rings. The number of ether oxygens (including phenoxy) is 1. The van der Waals surface area contributed by atoms with Crippen LogP contribution in [0.1, 0.15) is 0 Å². The second-order valence-corrected chi connectivity index (χ2v) is 4.37. The van der Waals surface area contributed by atoms with Crippen LogP contribution in [0, 0.1) is 0 Å². The minimum atomic E-state index is -4.63. The van der Waals surface area contributed by atoms with E-state index in [4.69, 9.17) is 20.3 Å². The van der Waals surface area contributed by atoms with Crippen LogP contribution in [0.3, 0.4) is 0 Å². The molecule has 0 saturated heterocycles. The molecular weight excluding hydrogens is 249 g/mol. The molecule has 0 saturated carbocycles. The summed E-state index contributed by atoms with van der Waals surface area (Å²) in [4.78, 5) is 28.2. The Labute approximate surface area is 97.4 Å². The summed E-state index contributed by atoms with van der Waals surface area (Å²) >= 11 is 0. The number of phosphoric acid groups is 1. The number of phosphoric ester groups is 1. The lowest BCUT2D eigenvalue weighted by Crippen LogP contribution is -2.38. The van der Waals surface area contributed by atoms with E-state index in [0.717, 1.165) is 0 Å². The number of esters is 1. The van der Waals surface area contributed by atoms with E-state index in [-0.39, 0.29) is 0 Å². The summed E-state index contributed by atoms with van der Waals surface area (Å²) in [6, 6.07) is 6.92. The summed E-state index contributed by atoms with van der Waals surface area (Å²) in [5.74, 6) is -0.534. The summed E-state index contributed by atoms with van der Waals surface area (Å²) in [5, 5.41) is 0. The zero-order chi connectivity index (χ0) is 12.9. The van der Waals surface area contributed by atoms with E-state index in [1.807, 2.05) is 0 Å². The molecule has 7 nitrogen and oxygen atoms in total. The van der Waals surface area contributed by atoms with E-state index in [1.165, 1.54) is 0 Å². The number of benzene rings is 1. The Hall–Kier alpha value is -1.24. The fraction of sp³-hybridized carbons (Fsp3) is 0.222. The van der Waals surface area contributed by atoms with Gasteiger partial charge < -0.3 is 20.3 Å². The SMILES string of the molecule is N[C@@H](COP(=O)(O)O)C(=O)Oc1ccccc1. The van der Waals surface area contributed by atoms with Gasteiger partial charge in [-0.25, -0.2) is 9.36 Å². The van der Waals surface area contributed by atoms with Crippen LogP contribution in [-0.2, 0) is 13.9 Å². The Balaban J connectivity index is 2.45. The molecule has 94 valence electrons. The lowest BCUT2D eigenvalue weighted by molar-refractivity contribution is -0.136. The van der Waals surface area contributed by atoms with E-state index in [0.29, 0.717) is 5.75 Å². The number of hydrogen-bond acceptors (Lipinski definition) is 5. The van der Waals surface area contributed by atoms with Crippen LogP contribution in [0.25, 0.3) is 0 Å². The van der Waals surface area contributed by atoms with Crippen LogP contribution < -0.4 is 10.5 Å². The molecule has 0 aliphatic heterocycles. The van der Waals surface area contributed by atoms with Crippen LogP contribution in [0.15, 0.2) is 30.3 Å². The van der Waals surface area contributed by atoms with Crippen LogP contribution >= 0.6 is 7.82 Å². The normalized spacial score (nSPS) is 13.1. The van der Waals surface area contributed by atoms with Crippen molar-refractivity contribution in [3.8, 4) is 5.75 Å². The van der Waals surface area contributed by atoms with Gasteiger partial charge in [0.2, 0.25) is 0 Å². The largest absolute Gasteiger partial charge is 0.469 e. The first kappa shape index (κ1) is 13.8. The van der Waals surface area contributed by atoms with E-state index >= 15 is 0 Å². The number of para-hydroxylation sites is 1. The number of rotatable bonds is 5. The van der Waals surface area contributed by atoms with E-state index in [1.54, 1.807) is 30.3 Å². The first-order valence-electron chi connectivity index (χ1n) is 4.61. The van der Waals surface area contributed by atoms with Gasteiger partial charge in [0, 0.05) is 0 Å². The fourth-order valence-electron chi connectivity index (χ4n) is 0.926. The second kappa shape index (κ2) is 5.90. The molecule has 0 aromatic heterocycles.